The Hall–Kier alpha value is -1.86. The number of halogens is 1. The van der Waals surface area contributed by atoms with E-state index in [9.17, 15) is 9.59 Å². The van der Waals surface area contributed by atoms with E-state index < -0.39 is 0 Å². The van der Waals surface area contributed by atoms with Crippen molar-refractivity contribution in [3.05, 3.63) is 23.2 Å². The van der Waals surface area contributed by atoms with Gasteiger partial charge in [0.05, 0.1) is 16.4 Å². The number of thiocarbonyl (C=S) groups is 1. The van der Waals surface area contributed by atoms with Gasteiger partial charge in [-0.15, -0.1) is 0 Å². The summed E-state index contributed by atoms with van der Waals surface area (Å²) < 4.78 is 0. The fourth-order valence-electron chi connectivity index (χ4n) is 2.95. The molecule has 1 aromatic rings. The fraction of sp³-hybridized carbons (Fsp3) is 0.526. The number of carbonyl (C=O) groups is 2. The number of hydrogen-bond acceptors (Lipinski definition) is 4. The zero-order valence-corrected chi connectivity index (χ0v) is 17.6. The van der Waals surface area contributed by atoms with E-state index in [1.54, 1.807) is 6.92 Å². The largest absolute Gasteiger partial charge is 0.365 e. The van der Waals surface area contributed by atoms with Crippen LogP contribution in [-0.2, 0) is 9.59 Å². The Morgan fingerprint density at radius 2 is 1.89 bits per heavy atom. The molecule has 1 fully saturated rings. The summed E-state index contributed by atoms with van der Waals surface area (Å²) in [5.74, 6) is 0.447. The number of carbonyl (C=O) groups excluding carboxylic acids is 2. The highest BCUT2D eigenvalue weighted by Gasteiger charge is 2.23. The zero-order chi connectivity index (χ0) is 20.0. The fourth-order valence-corrected chi connectivity index (χ4v) is 3.46. The van der Waals surface area contributed by atoms with Gasteiger partial charge in [-0.25, -0.2) is 0 Å². The monoisotopic (exact) mass is 410 g/mol. The first kappa shape index (κ1) is 21.4. The maximum atomic E-state index is 12.0. The molecule has 0 radical (unpaired) electrons. The summed E-state index contributed by atoms with van der Waals surface area (Å²) in [4.78, 5) is 27.5. The molecule has 0 atom stereocenters. The molecule has 27 heavy (non-hydrogen) atoms. The van der Waals surface area contributed by atoms with Crippen molar-refractivity contribution < 1.29 is 9.59 Å². The van der Waals surface area contributed by atoms with Crippen molar-refractivity contribution in [2.24, 2.45) is 5.92 Å². The summed E-state index contributed by atoms with van der Waals surface area (Å²) in [6, 6.07) is 5.54. The number of anilines is 2. The van der Waals surface area contributed by atoms with Crippen LogP contribution in [0.25, 0.3) is 0 Å². The number of nitrogens with zero attached hydrogens (tertiary/aromatic N) is 2. The van der Waals surface area contributed by atoms with Gasteiger partial charge in [-0.2, -0.15) is 0 Å². The average Bonchev–Trinajstić information content (AvgIpc) is 2.60. The third-order valence-electron chi connectivity index (χ3n) is 4.48. The first-order chi connectivity index (χ1) is 12.8. The Morgan fingerprint density at radius 3 is 2.48 bits per heavy atom. The molecule has 0 aliphatic carbocycles. The lowest BCUT2D eigenvalue weighted by Gasteiger charge is -2.37. The standard InChI is InChI=1S/C19H27ClN4O2S/c1-13(2)7-8-17(26)22-19(27)21-16-6-4-5-15(20)18(16)24-11-9-23(10-12-24)14(3)25/h4-6,13H,7-12H2,1-3H3,(H2,21,22,26,27). The lowest BCUT2D eigenvalue weighted by Crippen LogP contribution is -2.48. The van der Waals surface area contributed by atoms with Gasteiger partial charge >= 0.3 is 0 Å². The molecule has 0 aromatic heterocycles. The number of piperazine rings is 1. The highest BCUT2D eigenvalue weighted by molar-refractivity contribution is 7.80. The lowest BCUT2D eigenvalue weighted by atomic mass is 10.1. The Balaban J connectivity index is 2.03. The van der Waals surface area contributed by atoms with Crippen molar-refractivity contribution in [2.45, 2.75) is 33.6 Å². The molecule has 0 saturated carbocycles. The minimum absolute atomic E-state index is 0.0810. The second-order valence-corrected chi connectivity index (χ2v) is 7.88. The van der Waals surface area contributed by atoms with Gasteiger partial charge in [-0.3, -0.25) is 9.59 Å². The van der Waals surface area contributed by atoms with Crippen LogP contribution >= 0.6 is 23.8 Å². The van der Waals surface area contributed by atoms with E-state index in [0.29, 0.717) is 43.5 Å². The minimum Gasteiger partial charge on any atom is -0.365 e. The lowest BCUT2D eigenvalue weighted by molar-refractivity contribution is -0.129. The first-order valence-electron chi connectivity index (χ1n) is 9.17. The molecule has 1 heterocycles. The summed E-state index contributed by atoms with van der Waals surface area (Å²) >= 11 is 11.7. The Labute approximate surface area is 171 Å². The van der Waals surface area contributed by atoms with E-state index in [-0.39, 0.29) is 16.9 Å². The number of hydrogen-bond donors (Lipinski definition) is 2. The van der Waals surface area contributed by atoms with E-state index in [0.717, 1.165) is 17.8 Å². The minimum atomic E-state index is -0.0974. The number of nitrogens with one attached hydrogen (secondary N) is 2. The molecule has 2 amide bonds. The van der Waals surface area contributed by atoms with Crippen molar-refractivity contribution in [3.8, 4) is 0 Å². The molecule has 2 rings (SSSR count). The molecule has 148 valence electrons. The van der Waals surface area contributed by atoms with E-state index >= 15 is 0 Å². The van der Waals surface area contributed by atoms with Crippen molar-refractivity contribution in [1.82, 2.24) is 10.2 Å². The second-order valence-electron chi connectivity index (χ2n) is 7.06. The molecule has 2 N–H and O–H groups in total. The van der Waals surface area contributed by atoms with Gasteiger partial charge in [-0.1, -0.05) is 31.5 Å². The maximum absolute atomic E-state index is 12.0. The number of amides is 2. The second kappa shape index (κ2) is 9.90. The molecule has 0 spiro atoms. The number of rotatable bonds is 5. The van der Waals surface area contributed by atoms with Crippen LogP contribution in [-0.4, -0.2) is 48.0 Å². The van der Waals surface area contributed by atoms with Crippen molar-refractivity contribution >= 4 is 52.1 Å². The Morgan fingerprint density at radius 1 is 1.22 bits per heavy atom. The molecule has 1 aromatic carbocycles. The predicted octanol–water partition coefficient (Wildman–Crippen LogP) is 3.26. The highest BCUT2D eigenvalue weighted by Crippen LogP contribution is 2.34. The van der Waals surface area contributed by atoms with Gasteiger partial charge in [0, 0.05) is 39.5 Å². The summed E-state index contributed by atoms with van der Waals surface area (Å²) in [6.45, 7) is 8.41. The molecular formula is C19H27ClN4O2S. The molecule has 0 unspecified atom stereocenters. The van der Waals surface area contributed by atoms with Crippen LogP contribution in [0.15, 0.2) is 18.2 Å². The number of para-hydroxylation sites is 1. The van der Waals surface area contributed by atoms with Crippen LogP contribution in [0.4, 0.5) is 11.4 Å². The SMILES string of the molecule is CC(=O)N1CCN(c2c(Cl)cccc2NC(=S)NC(=O)CCC(C)C)CC1. The normalized spacial score (nSPS) is 14.3. The summed E-state index contributed by atoms with van der Waals surface area (Å²) in [5, 5.41) is 6.68. The van der Waals surface area contributed by atoms with Gasteiger partial charge in [-0.05, 0) is 36.7 Å². The summed E-state index contributed by atoms with van der Waals surface area (Å²) in [7, 11) is 0. The van der Waals surface area contributed by atoms with E-state index in [2.05, 4.69) is 29.4 Å². The van der Waals surface area contributed by atoms with Gasteiger partial charge in [0.15, 0.2) is 5.11 Å². The highest BCUT2D eigenvalue weighted by atomic mass is 35.5. The molecule has 1 saturated heterocycles. The van der Waals surface area contributed by atoms with Gasteiger partial charge in [0.1, 0.15) is 0 Å². The number of benzene rings is 1. The van der Waals surface area contributed by atoms with Crippen LogP contribution in [0, 0.1) is 5.92 Å². The third kappa shape index (κ3) is 6.36. The summed E-state index contributed by atoms with van der Waals surface area (Å²) in [6.07, 6.45) is 1.26. The quantitative estimate of drug-likeness (QED) is 0.729. The Kier molecular flexibility index (Phi) is 7.86. The van der Waals surface area contributed by atoms with Crippen LogP contribution < -0.4 is 15.5 Å². The third-order valence-corrected chi connectivity index (χ3v) is 4.99. The van der Waals surface area contributed by atoms with Crippen LogP contribution in [0.1, 0.15) is 33.6 Å². The zero-order valence-electron chi connectivity index (χ0n) is 16.0. The maximum Gasteiger partial charge on any atom is 0.226 e. The van der Waals surface area contributed by atoms with Crippen LogP contribution in [0.5, 0.6) is 0 Å². The van der Waals surface area contributed by atoms with E-state index in [1.165, 1.54) is 0 Å². The van der Waals surface area contributed by atoms with Gasteiger partial charge in [0.25, 0.3) is 0 Å². The first-order valence-corrected chi connectivity index (χ1v) is 9.96. The van der Waals surface area contributed by atoms with E-state index in [1.807, 2.05) is 23.1 Å². The van der Waals surface area contributed by atoms with E-state index in [4.69, 9.17) is 23.8 Å². The van der Waals surface area contributed by atoms with Gasteiger partial charge < -0.3 is 20.4 Å². The smallest absolute Gasteiger partial charge is 0.226 e. The average molecular weight is 411 g/mol. The van der Waals surface area contributed by atoms with Crippen molar-refractivity contribution in [2.75, 3.05) is 36.4 Å². The molecule has 1 aliphatic heterocycles. The molecule has 1 aliphatic rings. The Bertz CT molecular complexity index is 703. The predicted molar refractivity (Wildman–Crippen MR) is 114 cm³/mol. The molecule has 6 nitrogen and oxygen atoms in total. The topological polar surface area (TPSA) is 64.7 Å². The van der Waals surface area contributed by atoms with Crippen molar-refractivity contribution in [1.29, 1.82) is 0 Å². The van der Waals surface area contributed by atoms with Gasteiger partial charge in [0.2, 0.25) is 11.8 Å². The van der Waals surface area contributed by atoms with Crippen LogP contribution in [0.3, 0.4) is 0 Å². The van der Waals surface area contributed by atoms with Crippen LogP contribution in [0.2, 0.25) is 5.02 Å². The molecular weight excluding hydrogens is 384 g/mol. The van der Waals surface area contributed by atoms with Crippen molar-refractivity contribution in [3.63, 3.8) is 0 Å². The molecule has 8 heteroatoms. The molecule has 0 bridgehead atoms. The summed E-state index contributed by atoms with van der Waals surface area (Å²) in [5.41, 5.74) is 1.58.